The summed E-state index contributed by atoms with van der Waals surface area (Å²) in [4.78, 5) is 12.8. The van der Waals surface area contributed by atoms with Gasteiger partial charge >= 0.3 is 0 Å². The number of hydrogen-bond acceptors (Lipinski definition) is 2. The Labute approximate surface area is 92.9 Å². The second-order valence-electron chi connectivity index (χ2n) is 4.13. The van der Waals surface area contributed by atoms with E-state index in [0.29, 0.717) is 17.8 Å². The largest absolute Gasteiger partial charge is 0.365 e. The molecular weight excluding hydrogens is 212 g/mol. The average molecular weight is 225 g/mol. The van der Waals surface area contributed by atoms with E-state index in [1.165, 1.54) is 6.92 Å². The number of hydrogen-bond donors (Lipinski definition) is 0. The fourth-order valence-corrected chi connectivity index (χ4v) is 1.88. The minimum atomic E-state index is -2.60. The van der Waals surface area contributed by atoms with Gasteiger partial charge in [0.05, 0.1) is 6.54 Å². The third-order valence-electron chi connectivity index (χ3n) is 2.79. The molecule has 0 saturated carbocycles. The highest BCUT2D eigenvalue weighted by Gasteiger charge is 2.38. The fraction of sp³-hybridized carbons (Fsp3) is 0.417. The number of anilines is 1. The molecule has 0 spiro atoms. The molecule has 1 saturated heterocycles. The molecule has 1 aromatic rings. The van der Waals surface area contributed by atoms with Crippen molar-refractivity contribution in [1.29, 1.82) is 0 Å². The Bertz CT molecular complexity index is 417. The van der Waals surface area contributed by atoms with E-state index in [1.54, 1.807) is 29.2 Å². The lowest BCUT2D eigenvalue weighted by Crippen LogP contribution is -2.24. The molecule has 1 aromatic carbocycles. The number of rotatable bonds is 2. The van der Waals surface area contributed by atoms with E-state index < -0.39 is 5.92 Å². The maximum absolute atomic E-state index is 13.0. The van der Waals surface area contributed by atoms with Gasteiger partial charge in [-0.15, -0.1) is 0 Å². The molecule has 0 bridgehead atoms. The van der Waals surface area contributed by atoms with Crippen LogP contribution in [0.5, 0.6) is 0 Å². The number of halogens is 2. The van der Waals surface area contributed by atoms with Gasteiger partial charge in [0.25, 0.3) is 5.92 Å². The number of Topliss-reactive ketones (excluding diaryl/α,β-unsaturated/α-hetero) is 1. The van der Waals surface area contributed by atoms with Crippen molar-refractivity contribution >= 4 is 11.5 Å². The van der Waals surface area contributed by atoms with Crippen molar-refractivity contribution in [2.45, 2.75) is 19.3 Å². The zero-order chi connectivity index (χ0) is 11.8. The highest BCUT2D eigenvalue weighted by molar-refractivity contribution is 5.95. The van der Waals surface area contributed by atoms with Crippen molar-refractivity contribution < 1.29 is 13.6 Å². The number of alkyl halides is 2. The number of benzene rings is 1. The molecule has 2 nitrogen and oxygen atoms in total. The van der Waals surface area contributed by atoms with Gasteiger partial charge in [0.2, 0.25) is 0 Å². The van der Waals surface area contributed by atoms with Crippen LogP contribution in [0, 0.1) is 0 Å². The van der Waals surface area contributed by atoms with Crippen LogP contribution >= 0.6 is 0 Å². The van der Waals surface area contributed by atoms with E-state index in [0.717, 1.165) is 0 Å². The van der Waals surface area contributed by atoms with Crippen molar-refractivity contribution in [1.82, 2.24) is 0 Å². The Morgan fingerprint density at radius 3 is 2.75 bits per heavy atom. The zero-order valence-electron chi connectivity index (χ0n) is 9.04. The minimum absolute atomic E-state index is 0.0483. The van der Waals surface area contributed by atoms with Crippen LogP contribution in [0.2, 0.25) is 0 Å². The normalized spacial score (nSPS) is 18.8. The predicted octanol–water partition coefficient (Wildman–Crippen LogP) is 2.73. The van der Waals surface area contributed by atoms with E-state index in [4.69, 9.17) is 0 Å². The summed E-state index contributed by atoms with van der Waals surface area (Å²) in [6.45, 7) is 1.56. The van der Waals surface area contributed by atoms with Crippen molar-refractivity contribution in [2.75, 3.05) is 18.0 Å². The third kappa shape index (κ3) is 2.21. The van der Waals surface area contributed by atoms with E-state index in [-0.39, 0.29) is 18.7 Å². The molecule has 1 aliphatic rings. The summed E-state index contributed by atoms with van der Waals surface area (Å²) in [5.74, 6) is -2.65. The number of carbonyl (C=O) groups excluding carboxylic acids is 1. The van der Waals surface area contributed by atoms with Crippen LogP contribution in [0.25, 0.3) is 0 Å². The van der Waals surface area contributed by atoms with Crippen molar-refractivity contribution in [2.24, 2.45) is 0 Å². The van der Waals surface area contributed by atoms with Crippen molar-refractivity contribution in [3.05, 3.63) is 29.8 Å². The molecule has 1 aliphatic heterocycles. The molecule has 0 unspecified atom stereocenters. The first-order valence-corrected chi connectivity index (χ1v) is 5.22. The van der Waals surface area contributed by atoms with Gasteiger partial charge < -0.3 is 4.90 Å². The first-order chi connectivity index (χ1) is 7.48. The van der Waals surface area contributed by atoms with Crippen LogP contribution in [0.15, 0.2) is 24.3 Å². The summed E-state index contributed by atoms with van der Waals surface area (Å²) < 4.78 is 26.1. The highest BCUT2D eigenvalue weighted by Crippen LogP contribution is 2.31. The van der Waals surface area contributed by atoms with Crippen LogP contribution in [0.3, 0.4) is 0 Å². The van der Waals surface area contributed by atoms with Crippen molar-refractivity contribution in [3.63, 3.8) is 0 Å². The van der Waals surface area contributed by atoms with Crippen LogP contribution < -0.4 is 4.90 Å². The molecule has 1 heterocycles. The lowest BCUT2D eigenvalue weighted by atomic mass is 10.1. The van der Waals surface area contributed by atoms with E-state index in [1.807, 2.05) is 0 Å². The maximum Gasteiger partial charge on any atom is 0.266 e. The van der Waals surface area contributed by atoms with Crippen molar-refractivity contribution in [3.8, 4) is 0 Å². The van der Waals surface area contributed by atoms with Gasteiger partial charge in [-0.05, 0) is 19.1 Å². The van der Waals surface area contributed by atoms with E-state index in [2.05, 4.69) is 0 Å². The Morgan fingerprint density at radius 1 is 1.44 bits per heavy atom. The molecule has 2 rings (SSSR count). The summed E-state index contributed by atoms with van der Waals surface area (Å²) in [5.41, 5.74) is 1.26. The first-order valence-electron chi connectivity index (χ1n) is 5.22. The van der Waals surface area contributed by atoms with Gasteiger partial charge in [0.15, 0.2) is 5.78 Å². The predicted molar refractivity (Wildman–Crippen MR) is 58.2 cm³/mol. The molecule has 0 amide bonds. The van der Waals surface area contributed by atoms with Crippen LogP contribution in [-0.4, -0.2) is 24.8 Å². The minimum Gasteiger partial charge on any atom is -0.365 e. The van der Waals surface area contributed by atoms with Gasteiger partial charge in [0.1, 0.15) is 0 Å². The number of ketones is 1. The van der Waals surface area contributed by atoms with Gasteiger partial charge in [0, 0.05) is 24.2 Å². The smallest absolute Gasteiger partial charge is 0.266 e. The monoisotopic (exact) mass is 225 g/mol. The Kier molecular flexibility index (Phi) is 2.66. The highest BCUT2D eigenvalue weighted by atomic mass is 19.3. The SMILES string of the molecule is CC(=O)c1cccc(N2CCC(F)(F)C2)c1. The third-order valence-corrected chi connectivity index (χ3v) is 2.79. The number of carbonyl (C=O) groups is 1. The molecular formula is C12H13F2NO. The standard InChI is InChI=1S/C12H13F2NO/c1-9(16)10-3-2-4-11(7-10)15-6-5-12(13,14)8-15/h2-4,7H,5-6,8H2,1H3. The van der Waals surface area contributed by atoms with E-state index in [9.17, 15) is 13.6 Å². The first kappa shape index (κ1) is 11.0. The Morgan fingerprint density at radius 2 is 2.19 bits per heavy atom. The average Bonchev–Trinajstić information content (AvgIpc) is 2.59. The maximum atomic E-state index is 13.0. The lowest BCUT2D eigenvalue weighted by Gasteiger charge is -2.18. The van der Waals surface area contributed by atoms with Gasteiger partial charge in [-0.2, -0.15) is 0 Å². The quantitative estimate of drug-likeness (QED) is 0.721. The van der Waals surface area contributed by atoms with Gasteiger partial charge in [-0.3, -0.25) is 4.79 Å². The molecule has 1 fully saturated rings. The van der Waals surface area contributed by atoms with Crippen LogP contribution in [0.4, 0.5) is 14.5 Å². The molecule has 4 heteroatoms. The van der Waals surface area contributed by atoms with Crippen LogP contribution in [-0.2, 0) is 0 Å². The summed E-state index contributed by atoms with van der Waals surface area (Å²) in [7, 11) is 0. The Balaban J connectivity index is 2.22. The summed E-state index contributed by atoms with van der Waals surface area (Å²) in [6.07, 6.45) is -0.114. The van der Waals surface area contributed by atoms with Gasteiger partial charge in [-0.25, -0.2) is 8.78 Å². The summed E-state index contributed by atoms with van der Waals surface area (Å²) >= 11 is 0. The molecule has 0 N–H and O–H groups in total. The molecule has 0 aliphatic carbocycles. The second-order valence-corrected chi connectivity index (χ2v) is 4.13. The molecule has 0 atom stereocenters. The number of nitrogens with zero attached hydrogens (tertiary/aromatic N) is 1. The lowest BCUT2D eigenvalue weighted by molar-refractivity contribution is 0.0257. The zero-order valence-corrected chi connectivity index (χ0v) is 9.04. The topological polar surface area (TPSA) is 20.3 Å². The summed E-state index contributed by atoms with van der Waals surface area (Å²) in [5, 5.41) is 0. The molecule has 0 radical (unpaired) electrons. The second kappa shape index (κ2) is 3.85. The molecule has 86 valence electrons. The van der Waals surface area contributed by atoms with Gasteiger partial charge in [-0.1, -0.05) is 12.1 Å². The van der Waals surface area contributed by atoms with E-state index >= 15 is 0 Å². The van der Waals surface area contributed by atoms with Crippen LogP contribution in [0.1, 0.15) is 23.7 Å². The molecule has 16 heavy (non-hydrogen) atoms. The summed E-state index contributed by atoms with van der Waals surface area (Å²) in [6, 6.07) is 6.85. The fourth-order valence-electron chi connectivity index (χ4n) is 1.88. The molecule has 0 aromatic heterocycles. The Hall–Kier alpha value is -1.45.